The number of carbonyl (C=O) groups excluding carboxylic acids is 1. The van der Waals surface area contributed by atoms with E-state index in [1.165, 1.54) is 11.1 Å². The summed E-state index contributed by atoms with van der Waals surface area (Å²) in [6, 6.07) is 8.71. The van der Waals surface area contributed by atoms with Gasteiger partial charge < -0.3 is 4.90 Å². The van der Waals surface area contributed by atoms with E-state index in [2.05, 4.69) is 53.2 Å². The zero-order valence-electron chi connectivity index (χ0n) is 17.6. The standard InChI is InChI=1S/C22H30N6O/c1-4-27-20-15-23-28(22(20)18(3)24-27)10-9-21(29)26-13-11-25(12-14-26)16-19-7-5-17(2)6-8-19/h5-8,15H,4,9-14,16H2,1-3H3. The molecular weight excluding hydrogens is 364 g/mol. The van der Waals surface area contributed by atoms with Crippen LogP contribution in [-0.4, -0.2) is 61.4 Å². The summed E-state index contributed by atoms with van der Waals surface area (Å²) in [5.74, 6) is 0.212. The molecule has 0 unspecified atom stereocenters. The lowest BCUT2D eigenvalue weighted by atomic mass is 10.1. The number of nitrogens with zero attached hydrogens (tertiary/aromatic N) is 6. The van der Waals surface area contributed by atoms with Crippen LogP contribution in [0.15, 0.2) is 30.5 Å². The van der Waals surface area contributed by atoms with Gasteiger partial charge >= 0.3 is 0 Å². The lowest BCUT2D eigenvalue weighted by molar-refractivity contribution is -0.133. The van der Waals surface area contributed by atoms with Gasteiger partial charge in [-0.15, -0.1) is 0 Å². The summed E-state index contributed by atoms with van der Waals surface area (Å²) in [6.07, 6.45) is 2.33. The molecule has 3 heterocycles. The van der Waals surface area contributed by atoms with Crippen molar-refractivity contribution in [3.63, 3.8) is 0 Å². The molecule has 3 aromatic rings. The van der Waals surface area contributed by atoms with E-state index >= 15 is 0 Å². The second-order valence-electron chi connectivity index (χ2n) is 7.90. The Labute approximate surface area is 171 Å². The van der Waals surface area contributed by atoms with Crippen molar-refractivity contribution < 1.29 is 4.79 Å². The maximum atomic E-state index is 12.7. The van der Waals surface area contributed by atoms with Crippen LogP contribution in [-0.2, 0) is 24.4 Å². The molecule has 0 atom stereocenters. The first-order chi connectivity index (χ1) is 14.0. The normalized spacial score (nSPS) is 15.3. The van der Waals surface area contributed by atoms with Crippen molar-refractivity contribution >= 4 is 16.9 Å². The molecule has 1 aliphatic heterocycles. The van der Waals surface area contributed by atoms with Gasteiger partial charge in [-0.3, -0.25) is 19.1 Å². The van der Waals surface area contributed by atoms with Crippen molar-refractivity contribution in [3.05, 3.63) is 47.3 Å². The van der Waals surface area contributed by atoms with Crippen LogP contribution >= 0.6 is 0 Å². The van der Waals surface area contributed by atoms with Crippen molar-refractivity contribution in [2.24, 2.45) is 0 Å². The van der Waals surface area contributed by atoms with Crippen molar-refractivity contribution in [1.82, 2.24) is 29.4 Å². The smallest absolute Gasteiger partial charge is 0.224 e. The Morgan fingerprint density at radius 2 is 1.76 bits per heavy atom. The van der Waals surface area contributed by atoms with Crippen LogP contribution in [0.1, 0.15) is 30.2 Å². The fourth-order valence-corrected chi connectivity index (χ4v) is 4.10. The maximum Gasteiger partial charge on any atom is 0.224 e. The van der Waals surface area contributed by atoms with Crippen molar-refractivity contribution in [3.8, 4) is 0 Å². The van der Waals surface area contributed by atoms with Gasteiger partial charge in [0.25, 0.3) is 0 Å². The van der Waals surface area contributed by atoms with E-state index < -0.39 is 0 Å². The number of carbonyl (C=O) groups is 1. The monoisotopic (exact) mass is 394 g/mol. The van der Waals surface area contributed by atoms with Crippen LogP contribution in [0.2, 0.25) is 0 Å². The molecule has 0 bridgehead atoms. The average Bonchev–Trinajstić information content (AvgIpc) is 3.29. The third-order valence-electron chi connectivity index (χ3n) is 5.80. The van der Waals surface area contributed by atoms with Crippen LogP contribution in [0.4, 0.5) is 0 Å². The molecule has 1 aromatic carbocycles. The summed E-state index contributed by atoms with van der Waals surface area (Å²) in [7, 11) is 0. The summed E-state index contributed by atoms with van der Waals surface area (Å²) < 4.78 is 3.89. The van der Waals surface area contributed by atoms with Crippen LogP contribution in [0, 0.1) is 13.8 Å². The summed E-state index contributed by atoms with van der Waals surface area (Å²) in [4.78, 5) is 17.1. The Morgan fingerprint density at radius 1 is 1.03 bits per heavy atom. The molecule has 154 valence electrons. The van der Waals surface area contributed by atoms with E-state index in [9.17, 15) is 4.79 Å². The Morgan fingerprint density at radius 3 is 2.45 bits per heavy atom. The van der Waals surface area contributed by atoms with E-state index in [1.54, 1.807) is 0 Å². The number of piperazine rings is 1. The van der Waals surface area contributed by atoms with Crippen molar-refractivity contribution in [2.75, 3.05) is 26.2 Å². The highest BCUT2D eigenvalue weighted by Gasteiger charge is 2.21. The van der Waals surface area contributed by atoms with Crippen LogP contribution < -0.4 is 0 Å². The van der Waals surface area contributed by atoms with Gasteiger partial charge in [-0.1, -0.05) is 29.8 Å². The largest absolute Gasteiger partial charge is 0.340 e. The average molecular weight is 395 g/mol. The molecule has 0 radical (unpaired) electrons. The van der Waals surface area contributed by atoms with Gasteiger partial charge in [0.2, 0.25) is 5.91 Å². The molecule has 0 spiro atoms. The third kappa shape index (κ3) is 4.19. The van der Waals surface area contributed by atoms with Gasteiger partial charge in [0.05, 0.1) is 18.4 Å². The SMILES string of the molecule is CCn1nc(C)c2c1cnn2CCC(=O)N1CCN(Cc2ccc(C)cc2)CC1. The predicted molar refractivity (Wildman–Crippen MR) is 114 cm³/mol. The molecule has 0 aliphatic carbocycles. The zero-order valence-corrected chi connectivity index (χ0v) is 17.6. The van der Waals surface area contributed by atoms with Gasteiger partial charge in [0.15, 0.2) is 0 Å². The Hall–Kier alpha value is -2.67. The third-order valence-corrected chi connectivity index (χ3v) is 5.80. The molecule has 2 aromatic heterocycles. The van der Waals surface area contributed by atoms with Gasteiger partial charge in [0.1, 0.15) is 11.0 Å². The molecule has 1 aliphatic rings. The fourth-order valence-electron chi connectivity index (χ4n) is 4.10. The molecule has 7 nitrogen and oxygen atoms in total. The number of fused-ring (bicyclic) bond motifs is 1. The van der Waals surface area contributed by atoms with Crippen molar-refractivity contribution in [1.29, 1.82) is 0 Å². The molecule has 7 heteroatoms. The first kappa shape index (κ1) is 19.6. The number of rotatable bonds is 6. The Kier molecular flexibility index (Phi) is 5.67. The summed E-state index contributed by atoms with van der Waals surface area (Å²) in [5.41, 5.74) is 5.68. The molecule has 1 saturated heterocycles. The molecular formula is C22H30N6O. The number of benzene rings is 1. The van der Waals surface area contributed by atoms with Crippen molar-refractivity contribution in [2.45, 2.75) is 46.8 Å². The molecule has 1 amide bonds. The molecule has 0 N–H and O–H groups in total. The topological polar surface area (TPSA) is 59.2 Å². The second-order valence-corrected chi connectivity index (χ2v) is 7.90. The molecule has 1 fully saturated rings. The lowest BCUT2D eigenvalue weighted by Crippen LogP contribution is -2.48. The fraction of sp³-hybridized carbons (Fsp3) is 0.500. The summed E-state index contributed by atoms with van der Waals surface area (Å²) in [5, 5.41) is 9.03. The van der Waals surface area contributed by atoms with Gasteiger partial charge in [0, 0.05) is 45.7 Å². The minimum absolute atomic E-state index is 0.212. The van der Waals surface area contributed by atoms with E-state index in [1.807, 2.05) is 27.4 Å². The van der Waals surface area contributed by atoms with Crippen LogP contribution in [0.25, 0.3) is 11.0 Å². The molecule has 29 heavy (non-hydrogen) atoms. The number of amides is 1. The number of hydrogen-bond acceptors (Lipinski definition) is 4. The maximum absolute atomic E-state index is 12.7. The van der Waals surface area contributed by atoms with Gasteiger partial charge in [-0.2, -0.15) is 10.2 Å². The summed E-state index contributed by atoms with van der Waals surface area (Å²) in [6.45, 7) is 12.0. The number of hydrogen-bond donors (Lipinski definition) is 0. The van der Waals surface area contributed by atoms with Gasteiger partial charge in [-0.05, 0) is 26.3 Å². The quantitative estimate of drug-likeness (QED) is 0.645. The van der Waals surface area contributed by atoms with Crippen LogP contribution in [0.3, 0.4) is 0 Å². The Balaban J connectivity index is 1.29. The van der Waals surface area contributed by atoms with E-state index in [0.29, 0.717) is 13.0 Å². The van der Waals surface area contributed by atoms with Crippen LogP contribution in [0.5, 0.6) is 0 Å². The summed E-state index contributed by atoms with van der Waals surface area (Å²) >= 11 is 0. The first-order valence-electron chi connectivity index (χ1n) is 10.5. The van der Waals surface area contributed by atoms with E-state index in [4.69, 9.17) is 0 Å². The Bertz CT molecular complexity index is 979. The molecule has 0 saturated carbocycles. The highest BCUT2D eigenvalue weighted by molar-refractivity contribution is 5.79. The van der Waals surface area contributed by atoms with E-state index in [-0.39, 0.29) is 5.91 Å². The number of aromatic nitrogens is 4. The lowest BCUT2D eigenvalue weighted by Gasteiger charge is -2.34. The highest BCUT2D eigenvalue weighted by atomic mass is 16.2. The number of aryl methyl sites for hydroxylation is 4. The first-order valence-corrected chi connectivity index (χ1v) is 10.5. The molecule has 4 rings (SSSR count). The predicted octanol–water partition coefficient (Wildman–Crippen LogP) is 2.60. The van der Waals surface area contributed by atoms with Gasteiger partial charge in [-0.25, -0.2) is 0 Å². The zero-order chi connectivity index (χ0) is 20.4. The minimum atomic E-state index is 0.212. The second kappa shape index (κ2) is 8.37. The minimum Gasteiger partial charge on any atom is -0.340 e. The highest BCUT2D eigenvalue weighted by Crippen LogP contribution is 2.18. The van der Waals surface area contributed by atoms with E-state index in [0.717, 1.165) is 56.0 Å².